The minimum Gasteiger partial charge on any atom is -0.363 e. The van der Waals surface area contributed by atoms with Crippen LogP contribution in [0.25, 0.3) is 0 Å². The molecule has 1 saturated heterocycles. The molecule has 1 fully saturated rings. The number of nitrogens with one attached hydrogen (secondary N) is 3. The van der Waals surface area contributed by atoms with Crippen LogP contribution in [0.15, 0.2) is 42.6 Å². The van der Waals surface area contributed by atoms with Crippen LogP contribution >= 0.6 is 11.6 Å². The molecule has 0 radical (unpaired) electrons. The van der Waals surface area contributed by atoms with Crippen molar-refractivity contribution in [3.05, 3.63) is 58.7 Å². The number of hydrogen-bond donors (Lipinski definition) is 3. The molecule has 1 aliphatic rings. The first-order valence-electron chi connectivity index (χ1n) is 11.1. The van der Waals surface area contributed by atoms with Gasteiger partial charge in [-0.15, -0.1) is 0 Å². The molecule has 1 aromatic carbocycles. The molecule has 2 heterocycles. The van der Waals surface area contributed by atoms with Crippen LogP contribution in [-0.4, -0.2) is 71.6 Å². The van der Waals surface area contributed by atoms with Gasteiger partial charge in [0.2, 0.25) is 11.8 Å². The number of amidine groups is 1. The topological polar surface area (TPSA) is 118 Å². The molecule has 0 bridgehead atoms. The molecule has 180 valence electrons. The monoisotopic (exact) mass is 484 g/mol. The SMILES string of the molecule is CN(C)C(=N)c1ccc(C(=O)N[C@@H](CC(=O)Nc2ccc(Cl)cn2)C(=O)N2CCCCC2)cc1. The summed E-state index contributed by atoms with van der Waals surface area (Å²) in [7, 11) is 3.54. The van der Waals surface area contributed by atoms with E-state index in [-0.39, 0.29) is 12.3 Å². The van der Waals surface area contributed by atoms with Crippen LogP contribution in [0.5, 0.6) is 0 Å². The van der Waals surface area contributed by atoms with Gasteiger partial charge in [0.25, 0.3) is 5.91 Å². The van der Waals surface area contributed by atoms with E-state index in [0.717, 1.165) is 19.3 Å². The van der Waals surface area contributed by atoms with Crippen LogP contribution in [0.4, 0.5) is 5.82 Å². The highest BCUT2D eigenvalue weighted by molar-refractivity contribution is 6.30. The van der Waals surface area contributed by atoms with Gasteiger partial charge in [0.15, 0.2) is 0 Å². The first kappa shape index (κ1) is 25.2. The number of benzene rings is 1. The number of aromatic nitrogens is 1. The summed E-state index contributed by atoms with van der Waals surface area (Å²) in [6, 6.07) is 8.70. The highest BCUT2D eigenvalue weighted by Gasteiger charge is 2.29. The van der Waals surface area contributed by atoms with Gasteiger partial charge in [-0.2, -0.15) is 0 Å². The van der Waals surface area contributed by atoms with Gasteiger partial charge >= 0.3 is 0 Å². The second-order valence-corrected chi connectivity index (χ2v) is 8.78. The van der Waals surface area contributed by atoms with Crippen molar-refractivity contribution in [2.24, 2.45) is 0 Å². The Hall–Kier alpha value is -3.46. The van der Waals surface area contributed by atoms with E-state index >= 15 is 0 Å². The molecule has 3 N–H and O–H groups in total. The molecular weight excluding hydrogens is 456 g/mol. The summed E-state index contributed by atoms with van der Waals surface area (Å²) in [5.41, 5.74) is 1.00. The standard InChI is InChI=1S/C24H29ClN6O3/c1-30(2)22(26)16-6-8-17(9-7-16)23(33)28-19(24(34)31-12-4-3-5-13-31)14-21(32)29-20-11-10-18(25)15-27-20/h6-11,15,19,26H,3-5,12-14H2,1-2H3,(H,28,33)(H,27,29,32)/t19-/m0/s1. The lowest BCUT2D eigenvalue weighted by Crippen LogP contribution is -2.51. The van der Waals surface area contributed by atoms with Crippen LogP contribution in [0.1, 0.15) is 41.6 Å². The fourth-order valence-corrected chi connectivity index (χ4v) is 3.75. The van der Waals surface area contributed by atoms with E-state index in [1.165, 1.54) is 6.20 Å². The summed E-state index contributed by atoms with van der Waals surface area (Å²) in [6.45, 7) is 1.21. The Morgan fingerprint density at radius 3 is 2.29 bits per heavy atom. The third-order valence-corrected chi connectivity index (χ3v) is 5.75. The molecule has 2 aromatic rings. The molecule has 1 aliphatic heterocycles. The Labute approximate surface area is 204 Å². The van der Waals surface area contributed by atoms with Crippen molar-refractivity contribution in [2.45, 2.75) is 31.7 Å². The molecule has 9 nitrogen and oxygen atoms in total. The summed E-state index contributed by atoms with van der Waals surface area (Å²) >= 11 is 5.83. The molecule has 0 unspecified atom stereocenters. The lowest BCUT2D eigenvalue weighted by atomic mass is 10.1. The van der Waals surface area contributed by atoms with Crippen LogP contribution in [-0.2, 0) is 9.59 Å². The largest absolute Gasteiger partial charge is 0.363 e. The van der Waals surface area contributed by atoms with Gasteiger partial charge in [-0.3, -0.25) is 19.8 Å². The maximum atomic E-state index is 13.2. The smallest absolute Gasteiger partial charge is 0.251 e. The number of carbonyl (C=O) groups excluding carboxylic acids is 3. The van der Waals surface area contributed by atoms with Gasteiger partial charge in [0.05, 0.1) is 11.4 Å². The van der Waals surface area contributed by atoms with Gasteiger partial charge in [-0.05, 0) is 43.5 Å². The fraction of sp³-hybridized carbons (Fsp3) is 0.375. The average molecular weight is 485 g/mol. The normalized spacial score (nSPS) is 14.1. The highest BCUT2D eigenvalue weighted by Crippen LogP contribution is 2.14. The number of likely N-dealkylation sites (tertiary alicyclic amines) is 1. The van der Waals surface area contributed by atoms with Crippen molar-refractivity contribution >= 4 is 41.0 Å². The molecule has 3 amide bonds. The molecule has 1 aromatic heterocycles. The Balaban J connectivity index is 1.72. The molecule has 10 heteroatoms. The van der Waals surface area contributed by atoms with Crippen molar-refractivity contribution in [2.75, 3.05) is 32.5 Å². The Morgan fingerprint density at radius 1 is 1.06 bits per heavy atom. The minimum atomic E-state index is -1.02. The highest BCUT2D eigenvalue weighted by atomic mass is 35.5. The van der Waals surface area contributed by atoms with Gasteiger partial charge < -0.3 is 20.4 Å². The second-order valence-electron chi connectivity index (χ2n) is 8.35. The van der Waals surface area contributed by atoms with E-state index in [0.29, 0.717) is 40.9 Å². The van der Waals surface area contributed by atoms with E-state index in [9.17, 15) is 14.4 Å². The van der Waals surface area contributed by atoms with Crippen LogP contribution in [0, 0.1) is 5.41 Å². The minimum absolute atomic E-state index is 0.227. The van der Waals surface area contributed by atoms with Crippen LogP contribution < -0.4 is 10.6 Å². The predicted octanol–water partition coefficient (Wildman–Crippen LogP) is 2.76. The zero-order valence-corrected chi connectivity index (χ0v) is 20.1. The molecular formula is C24H29ClN6O3. The summed E-state index contributed by atoms with van der Waals surface area (Å²) < 4.78 is 0. The van der Waals surface area contributed by atoms with Gasteiger partial charge in [-0.25, -0.2) is 4.98 Å². The predicted molar refractivity (Wildman–Crippen MR) is 131 cm³/mol. The Morgan fingerprint density at radius 2 is 1.71 bits per heavy atom. The molecule has 34 heavy (non-hydrogen) atoms. The number of hydrogen-bond acceptors (Lipinski definition) is 5. The molecule has 1 atom stereocenters. The Kier molecular flexibility index (Phi) is 8.59. The number of amides is 3. The first-order valence-corrected chi connectivity index (χ1v) is 11.5. The fourth-order valence-electron chi connectivity index (χ4n) is 3.64. The maximum absolute atomic E-state index is 13.2. The summed E-state index contributed by atoms with van der Waals surface area (Å²) in [5, 5.41) is 13.9. The molecule has 0 saturated carbocycles. The number of rotatable bonds is 7. The Bertz CT molecular complexity index is 1030. The summed E-state index contributed by atoms with van der Waals surface area (Å²) in [6.07, 6.45) is 4.03. The maximum Gasteiger partial charge on any atom is 0.251 e. The first-order chi connectivity index (χ1) is 16.2. The third kappa shape index (κ3) is 6.77. The van der Waals surface area contributed by atoms with E-state index in [1.54, 1.807) is 60.3 Å². The van der Waals surface area contributed by atoms with Gasteiger partial charge in [-0.1, -0.05) is 23.7 Å². The van der Waals surface area contributed by atoms with Crippen LogP contribution in [0.2, 0.25) is 5.02 Å². The molecule has 0 spiro atoms. The molecule has 3 rings (SSSR count). The van der Waals surface area contributed by atoms with Crippen molar-refractivity contribution < 1.29 is 14.4 Å². The second kappa shape index (κ2) is 11.6. The van der Waals surface area contributed by atoms with E-state index in [2.05, 4.69) is 15.6 Å². The number of halogens is 1. The van der Waals surface area contributed by atoms with Crippen molar-refractivity contribution in [3.63, 3.8) is 0 Å². The lowest BCUT2D eigenvalue weighted by Gasteiger charge is -2.30. The van der Waals surface area contributed by atoms with E-state index < -0.39 is 17.9 Å². The zero-order chi connectivity index (χ0) is 24.7. The number of piperidine rings is 1. The molecule has 0 aliphatic carbocycles. The van der Waals surface area contributed by atoms with Gasteiger partial charge in [0, 0.05) is 44.5 Å². The lowest BCUT2D eigenvalue weighted by molar-refractivity contribution is -0.135. The van der Waals surface area contributed by atoms with E-state index in [1.807, 2.05) is 0 Å². The van der Waals surface area contributed by atoms with E-state index in [4.69, 9.17) is 17.0 Å². The summed E-state index contributed by atoms with van der Waals surface area (Å²) in [5.74, 6) is -0.560. The quantitative estimate of drug-likeness (QED) is 0.412. The van der Waals surface area contributed by atoms with Crippen LogP contribution in [0.3, 0.4) is 0 Å². The van der Waals surface area contributed by atoms with Crippen molar-refractivity contribution in [1.29, 1.82) is 5.41 Å². The number of anilines is 1. The average Bonchev–Trinajstić information content (AvgIpc) is 2.84. The third-order valence-electron chi connectivity index (χ3n) is 5.52. The van der Waals surface area contributed by atoms with Crippen molar-refractivity contribution in [3.8, 4) is 0 Å². The number of carbonyl (C=O) groups is 3. The number of nitrogens with zero attached hydrogens (tertiary/aromatic N) is 3. The van der Waals surface area contributed by atoms with Gasteiger partial charge in [0.1, 0.15) is 17.7 Å². The summed E-state index contributed by atoms with van der Waals surface area (Å²) in [4.78, 5) is 46.2. The zero-order valence-electron chi connectivity index (χ0n) is 19.3. The number of pyridine rings is 1. The van der Waals surface area contributed by atoms with Crippen molar-refractivity contribution in [1.82, 2.24) is 20.1 Å².